The number of nitrogens with zero attached hydrogens (tertiary/aromatic N) is 4. The van der Waals surface area contributed by atoms with Crippen molar-refractivity contribution in [1.29, 1.82) is 0 Å². The SMILES string of the molecule is O=C(c1cn(CC2CC2)nn1)N1CC(NC2COC2)C1. The van der Waals surface area contributed by atoms with Crippen molar-refractivity contribution >= 4 is 5.91 Å². The van der Waals surface area contributed by atoms with Crippen LogP contribution in [0.3, 0.4) is 0 Å². The number of likely N-dealkylation sites (tertiary alicyclic amines) is 1. The molecule has 1 aromatic heterocycles. The summed E-state index contributed by atoms with van der Waals surface area (Å²) in [4.78, 5) is 14.0. The Morgan fingerprint density at radius 2 is 2.15 bits per heavy atom. The summed E-state index contributed by atoms with van der Waals surface area (Å²) >= 11 is 0. The maximum atomic E-state index is 12.2. The van der Waals surface area contributed by atoms with E-state index in [9.17, 15) is 4.79 Å². The second kappa shape index (κ2) is 4.82. The highest BCUT2D eigenvalue weighted by Gasteiger charge is 2.35. The van der Waals surface area contributed by atoms with Crippen LogP contribution in [0.5, 0.6) is 0 Å². The van der Waals surface area contributed by atoms with E-state index in [1.165, 1.54) is 12.8 Å². The standard InChI is InChI=1S/C13H19N5O2/c19-13(12-6-18(16-15-12)3-9-1-2-9)17-4-10(5-17)14-11-7-20-8-11/h6,9-11,14H,1-5,7-8H2. The molecule has 1 aliphatic carbocycles. The zero-order chi connectivity index (χ0) is 13.5. The zero-order valence-corrected chi connectivity index (χ0v) is 11.4. The Balaban J connectivity index is 1.28. The van der Waals surface area contributed by atoms with Crippen LogP contribution in [0, 0.1) is 5.92 Å². The molecule has 2 aliphatic heterocycles. The number of hydrogen-bond donors (Lipinski definition) is 1. The van der Waals surface area contributed by atoms with Crippen LogP contribution in [0.2, 0.25) is 0 Å². The van der Waals surface area contributed by atoms with Gasteiger partial charge in [-0.25, -0.2) is 0 Å². The largest absolute Gasteiger partial charge is 0.378 e. The fourth-order valence-corrected chi connectivity index (χ4v) is 2.63. The summed E-state index contributed by atoms with van der Waals surface area (Å²) in [6.07, 6.45) is 4.32. The molecule has 3 aliphatic rings. The molecule has 3 heterocycles. The second-order valence-corrected chi connectivity index (χ2v) is 6.08. The van der Waals surface area contributed by atoms with Gasteiger partial charge in [-0.2, -0.15) is 0 Å². The van der Waals surface area contributed by atoms with Crippen LogP contribution in [0.4, 0.5) is 0 Å². The summed E-state index contributed by atoms with van der Waals surface area (Å²) in [5.41, 5.74) is 0.469. The molecule has 0 unspecified atom stereocenters. The van der Waals surface area contributed by atoms with E-state index in [-0.39, 0.29) is 5.91 Å². The summed E-state index contributed by atoms with van der Waals surface area (Å²) in [7, 11) is 0. The second-order valence-electron chi connectivity index (χ2n) is 6.08. The number of carbonyl (C=O) groups is 1. The molecular formula is C13H19N5O2. The van der Waals surface area contributed by atoms with Gasteiger partial charge < -0.3 is 15.0 Å². The Morgan fingerprint density at radius 3 is 2.80 bits per heavy atom. The van der Waals surface area contributed by atoms with E-state index in [1.54, 1.807) is 10.9 Å². The molecule has 1 saturated carbocycles. The van der Waals surface area contributed by atoms with Crippen LogP contribution in [0.1, 0.15) is 23.3 Å². The van der Waals surface area contributed by atoms with Gasteiger partial charge in [-0.3, -0.25) is 9.48 Å². The van der Waals surface area contributed by atoms with Crippen molar-refractivity contribution in [3.8, 4) is 0 Å². The van der Waals surface area contributed by atoms with E-state index < -0.39 is 0 Å². The molecule has 0 radical (unpaired) electrons. The molecule has 2 saturated heterocycles. The Bertz CT molecular complexity index is 503. The Morgan fingerprint density at radius 1 is 1.35 bits per heavy atom. The molecular weight excluding hydrogens is 258 g/mol. The van der Waals surface area contributed by atoms with Gasteiger partial charge in [0.05, 0.1) is 25.5 Å². The van der Waals surface area contributed by atoms with Crippen LogP contribution in [-0.2, 0) is 11.3 Å². The van der Waals surface area contributed by atoms with Gasteiger partial charge in [-0.1, -0.05) is 5.21 Å². The van der Waals surface area contributed by atoms with E-state index in [2.05, 4.69) is 15.6 Å². The normalized spacial score (nSPS) is 23.5. The molecule has 1 amide bonds. The molecule has 0 aromatic carbocycles. The van der Waals surface area contributed by atoms with Gasteiger partial charge >= 0.3 is 0 Å². The topological polar surface area (TPSA) is 72.3 Å². The molecule has 1 aromatic rings. The van der Waals surface area contributed by atoms with Crippen molar-refractivity contribution in [2.75, 3.05) is 26.3 Å². The quantitative estimate of drug-likeness (QED) is 0.785. The summed E-state index contributed by atoms with van der Waals surface area (Å²) < 4.78 is 6.92. The van der Waals surface area contributed by atoms with Crippen molar-refractivity contribution in [3.05, 3.63) is 11.9 Å². The van der Waals surface area contributed by atoms with Crippen LogP contribution >= 0.6 is 0 Å². The number of nitrogens with one attached hydrogen (secondary N) is 1. The average molecular weight is 277 g/mol. The third-order valence-electron chi connectivity index (χ3n) is 4.18. The fraction of sp³-hybridized carbons (Fsp3) is 0.769. The Hall–Kier alpha value is -1.47. The van der Waals surface area contributed by atoms with Crippen molar-refractivity contribution in [2.24, 2.45) is 5.92 Å². The first-order valence-corrected chi connectivity index (χ1v) is 7.31. The first-order valence-electron chi connectivity index (χ1n) is 7.31. The Kier molecular flexibility index (Phi) is 2.96. The van der Waals surface area contributed by atoms with E-state index in [4.69, 9.17) is 4.74 Å². The summed E-state index contributed by atoms with van der Waals surface area (Å²) in [5, 5.41) is 11.5. The fourth-order valence-electron chi connectivity index (χ4n) is 2.63. The predicted octanol–water partition coefficient (Wildman–Crippen LogP) is -0.499. The van der Waals surface area contributed by atoms with Crippen molar-refractivity contribution < 1.29 is 9.53 Å². The van der Waals surface area contributed by atoms with Crippen molar-refractivity contribution in [2.45, 2.75) is 31.5 Å². The highest BCUT2D eigenvalue weighted by atomic mass is 16.5. The molecule has 0 atom stereocenters. The van der Waals surface area contributed by atoms with E-state index in [0.717, 1.165) is 38.8 Å². The number of hydrogen-bond acceptors (Lipinski definition) is 5. The van der Waals surface area contributed by atoms with E-state index in [0.29, 0.717) is 17.8 Å². The van der Waals surface area contributed by atoms with Gasteiger partial charge in [0.15, 0.2) is 5.69 Å². The lowest BCUT2D eigenvalue weighted by Crippen LogP contribution is -2.64. The number of amides is 1. The lowest BCUT2D eigenvalue weighted by Gasteiger charge is -2.42. The molecule has 1 N–H and O–H groups in total. The minimum Gasteiger partial charge on any atom is -0.378 e. The van der Waals surface area contributed by atoms with Gasteiger partial charge in [0.25, 0.3) is 5.91 Å². The molecule has 108 valence electrons. The Labute approximate surface area is 117 Å². The van der Waals surface area contributed by atoms with Crippen molar-refractivity contribution in [1.82, 2.24) is 25.2 Å². The van der Waals surface area contributed by atoms with E-state index in [1.807, 2.05) is 4.90 Å². The third-order valence-corrected chi connectivity index (χ3v) is 4.18. The monoisotopic (exact) mass is 277 g/mol. The highest BCUT2D eigenvalue weighted by molar-refractivity contribution is 5.92. The molecule has 0 spiro atoms. The maximum absolute atomic E-state index is 12.2. The van der Waals surface area contributed by atoms with Crippen LogP contribution in [0.25, 0.3) is 0 Å². The van der Waals surface area contributed by atoms with Crippen molar-refractivity contribution in [3.63, 3.8) is 0 Å². The number of carbonyl (C=O) groups excluding carboxylic acids is 1. The molecule has 4 rings (SSSR count). The number of rotatable bonds is 5. The lowest BCUT2D eigenvalue weighted by molar-refractivity contribution is -0.0210. The molecule has 7 nitrogen and oxygen atoms in total. The lowest BCUT2D eigenvalue weighted by atomic mass is 10.1. The van der Waals surface area contributed by atoms with Crippen LogP contribution in [-0.4, -0.2) is 64.2 Å². The maximum Gasteiger partial charge on any atom is 0.276 e. The van der Waals surface area contributed by atoms with Gasteiger partial charge in [0.2, 0.25) is 0 Å². The summed E-state index contributed by atoms with van der Waals surface area (Å²) in [5.74, 6) is 0.733. The zero-order valence-electron chi connectivity index (χ0n) is 11.4. The van der Waals surface area contributed by atoms with Crippen LogP contribution in [0.15, 0.2) is 6.20 Å². The molecule has 7 heteroatoms. The van der Waals surface area contributed by atoms with Gasteiger partial charge in [-0.05, 0) is 18.8 Å². The minimum atomic E-state index is -0.00467. The number of ether oxygens (including phenoxy) is 1. The first-order chi connectivity index (χ1) is 9.78. The molecule has 3 fully saturated rings. The summed E-state index contributed by atoms with van der Waals surface area (Å²) in [6, 6.07) is 0.867. The number of aromatic nitrogens is 3. The summed E-state index contributed by atoms with van der Waals surface area (Å²) in [6.45, 7) is 3.99. The van der Waals surface area contributed by atoms with Crippen LogP contribution < -0.4 is 5.32 Å². The molecule has 0 bridgehead atoms. The van der Waals surface area contributed by atoms with Gasteiger partial charge in [-0.15, -0.1) is 5.10 Å². The van der Waals surface area contributed by atoms with Gasteiger partial charge in [0, 0.05) is 25.7 Å². The predicted molar refractivity (Wildman–Crippen MR) is 70.2 cm³/mol. The third kappa shape index (κ3) is 2.43. The average Bonchev–Trinajstić information content (AvgIpc) is 3.00. The minimum absolute atomic E-state index is 0.00467. The highest BCUT2D eigenvalue weighted by Crippen LogP contribution is 2.30. The molecule has 20 heavy (non-hydrogen) atoms. The van der Waals surface area contributed by atoms with E-state index >= 15 is 0 Å². The smallest absolute Gasteiger partial charge is 0.276 e. The first kappa shape index (κ1) is 12.3. The van der Waals surface area contributed by atoms with Gasteiger partial charge in [0.1, 0.15) is 0 Å².